The van der Waals surface area contributed by atoms with E-state index in [-0.39, 0.29) is 0 Å². The molecular weight excluding hydrogens is 332 g/mol. The summed E-state index contributed by atoms with van der Waals surface area (Å²) in [5, 5.41) is 4.06. The van der Waals surface area contributed by atoms with E-state index in [0.29, 0.717) is 0 Å². The second-order valence-electron chi connectivity index (χ2n) is 5.49. The van der Waals surface area contributed by atoms with Crippen LogP contribution in [0, 0.1) is 6.92 Å². The SMILES string of the molecule is Cc1cc(CN2CCN(Cc3cncc(Br)c3)CC2)no1. The number of piperazine rings is 1. The summed E-state index contributed by atoms with van der Waals surface area (Å²) in [7, 11) is 0. The highest BCUT2D eigenvalue weighted by Gasteiger charge is 2.18. The van der Waals surface area contributed by atoms with Crippen molar-refractivity contribution < 1.29 is 4.52 Å². The van der Waals surface area contributed by atoms with E-state index < -0.39 is 0 Å². The lowest BCUT2D eigenvalue weighted by Gasteiger charge is -2.34. The molecule has 0 unspecified atom stereocenters. The van der Waals surface area contributed by atoms with Crippen molar-refractivity contribution in [2.75, 3.05) is 26.2 Å². The van der Waals surface area contributed by atoms with Gasteiger partial charge in [0.25, 0.3) is 0 Å². The average Bonchev–Trinajstić information content (AvgIpc) is 2.86. The number of nitrogens with zero attached hydrogens (tertiary/aromatic N) is 4. The third-order valence-electron chi connectivity index (χ3n) is 3.69. The number of aromatic nitrogens is 2. The molecule has 0 atom stereocenters. The Bertz CT molecular complexity index is 593. The van der Waals surface area contributed by atoms with E-state index in [1.165, 1.54) is 5.56 Å². The first-order chi connectivity index (χ1) is 10.2. The van der Waals surface area contributed by atoms with Gasteiger partial charge in [-0.05, 0) is 34.5 Å². The predicted molar refractivity (Wildman–Crippen MR) is 83.7 cm³/mol. The van der Waals surface area contributed by atoms with Crippen molar-refractivity contribution in [3.05, 3.63) is 46.0 Å². The molecule has 3 heterocycles. The van der Waals surface area contributed by atoms with Gasteiger partial charge in [0.2, 0.25) is 0 Å². The number of pyridine rings is 1. The van der Waals surface area contributed by atoms with Crippen molar-refractivity contribution in [2.45, 2.75) is 20.0 Å². The molecule has 21 heavy (non-hydrogen) atoms. The molecular formula is C15H19BrN4O. The zero-order chi connectivity index (χ0) is 14.7. The van der Waals surface area contributed by atoms with Crippen molar-refractivity contribution in [3.8, 4) is 0 Å². The van der Waals surface area contributed by atoms with E-state index in [9.17, 15) is 0 Å². The van der Waals surface area contributed by atoms with Crippen molar-refractivity contribution in [3.63, 3.8) is 0 Å². The number of rotatable bonds is 4. The van der Waals surface area contributed by atoms with Crippen LogP contribution in [0.3, 0.4) is 0 Å². The molecule has 1 aliphatic heterocycles. The Morgan fingerprint density at radius 3 is 2.43 bits per heavy atom. The maximum Gasteiger partial charge on any atom is 0.133 e. The highest BCUT2D eigenvalue weighted by atomic mass is 79.9. The Labute approximate surface area is 133 Å². The van der Waals surface area contributed by atoms with Crippen LogP contribution in [-0.2, 0) is 13.1 Å². The van der Waals surface area contributed by atoms with Crippen molar-refractivity contribution in [1.29, 1.82) is 0 Å². The second-order valence-corrected chi connectivity index (χ2v) is 6.41. The van der Waals surface area contributed by atoms with E-state index >= 15 is 0 Å². The van der Waals surface area contributed by atoms with E-state index in [1.807, 2.05) is 25.4 Å². The third kappa shape index (κ3) is 4.12. The molecule has 0 N–H and O–H groups in total. The van der Waals surface area contributed by atoms with Crippen LogP contribution in [-0.4, -0.2) is 46.1 Å². The van der Waals surface area contributed by atoms with Crippen LogP contribution in [0.4, 0.5) is 0 Å². The summed E-state index contributed by atoms with van der Waals surface area (Å²) < 4.78 is 6.16. The predicted octanol–water partition coefficient (Wildman–Crippen LogP) is 2.46. The highest BCUT2D eigenvalue weighted by molar-refractivity contribution is 9.10. The van der Waals surface area contributed by atoms with Crippen LogP contribution >= 0.6 is 15.9 Å². The minimum absolute atomic E-state index is 0.879. The van der Waals surface area contributed by atoms with Gasteiger partial charge in [0.05, 0.1) is 5.69 Å². The molecule has 0 saturated carbocycles. The largest absolute Gasteiger partial charge is 0.361 e. The number of hydrogen-bond acceptors (Lipinski definition) is 5. The van der Waals surface area contributed by atoms with E-state index in [0.717, 1.165) is 55.2 Å². The van der Waals surface area contributed by atoms with Gasteiger partial charge in [-0.25, -0.2) is 0 Å². The third-order valence-corrected chi connectivity index (χ3v) is 4.13. The summed E-state index contributed by atoms with van der Waals surface area (Å²) in [5.74, 6) is 0.880. The lowest BCUT2D eigenvalue weighted by atomic mass is 10.2. The lowest BCUT2D eigenvalue weighted by Crippen LogP contribution is -2.45. The molecule has 1 saturated heterocycles. The van der Waals surface area contributed by atoms with Gasteiger partial charge in [0.1, 0.15) is 5.76 Å². The normalized spacial score (nSPS) is 17.2. The quantitative estimate of drug-likeness (QED) is 0.847. The molecule has 0 amide bonds. The van der Waals surface area contributed by atoms with Crippen LogP contribution in [0.5, 0.6) is 0 Å². The highest BCUT2D eigenvalue weighted by Crippen LogP contribution is 2.14. The molecule has 2 aromatic rings. The minimum Gasteiger partial charge on any atom is -0.361 e. The Morgan fingerprint density at radius 1 is 1.10 bits per heavy atom. The van der Waals surface area contributed by atoms with Crippen LogP contribution in [0.2, 0.25) is 0 Å². The smallest absolute Gasteiger partial charge is 0.133 e. The van der Waals surface area contributed by atoms with Gasteiger partial charge >= 0.3 is 0 Å². The van der Waals surface area contributed by atoms with Gasteiger partial charge in [0.15, 0.2) is 0 Å². The molecule has 1 aliphatic rings. The average molecular weight is 351 g/mol. The van der Waals surface area contributed by atoms with Gasteiger partial charge < -0.3 is 4.52 Å². The van der Waals surface area contributed by atoms with Crippen LogP contribution in [0.15, 0.2) is 33.5 Å². The van der Waals surface area contributed by atoms with Crippen molar-refractivity contribution >= 4 is 15.9 Å². The zero-order valence-electron chi connectivity index (χ0n) is 12.1. The van der Waals surface area contributed by atoms with E-state index in [1.54, 1.807) is 0 Å². The summed E-state index contributed by atoms with van der Waals surface area (Å²) in [6.45, 7) is 8.04. The van der Waals surface area contributed by atoms with Gasteiger partial charge in [0, 0.05) is 62.2 Å². The fourth-order valence-corrected chi connectivity index (χ4v) is 3.04. The summed E-state index contributed by atoms with van der Waals surface area (Å²) in [5.41, 5.74) is 2.28. The van der Waals surface area contributed by atoms with Crippen LogP contribution in [0.25, 0.3) is 0 Å². The summed E-state index contributed by atoms with van der Waals surface area (Å²) in [6.07, 6.45) is 3.76. The minimum atomic E-state index is 0.879. The zero-order valence-corrected chi connectivity index (χ0v) is 13.7. The first kappa shape index (κ1) is 14.7. The summed E-state index contributed by atoms with van der Waals surface area (Å²) in [6, 6.07) is 4.15. The molecule has 112 valence electrons. The van der Waals surface area contributed by atoms with Gasteiger partial charge in [-0.3, -0.25) is 14.8 Å². The molecule has 0 bridgehead atoms. The molecule has 0 spiro atoms. The van der Waals surface area contributed by atoms with Gasteiger partial charge in [-0.15, -0.1) is 0 Å². The van der Waals surface area contributed by atoms with Crippen molar-refractivity contribution in [1.82, 2.24) is 19.9 Å². The summed E-state index contributed by atoms with van der Waals surface area (Å²) >= 11 is 3.47. The van der Waals surface area contributed by atoms with Crippen molar-refractivity contribution in [2.24, 2.45) is 0 Å². The standard InChI is InChI=1S/C15H19BrN4O/c1-12-6-15(18-21-12)11-20-4-2-19(3-5-20)10-13-7-14(16)9-17-8-13/h6-9H,2-5,10-11H2,1H3. The number of hydrogen-bond donors (Lipinski definition) is 0. The molecule has 1 fully saturated rings. The fourth-order valence-electron chi connectivity index (χ4n) is 2.63. The van der Waals surface area contributed by atoms with Crippen LogP contribution in [0.1, 0.15) is 17.0 Å². The Morgan fingerprint density at radius 2 is 1.81 bits per heavy atom. The van der Waals surface area contributed by atoms with Gasteiger partial charge in [-0.1, -0.05) is 5.16 Å². The lowest BCUT2D eigenvalue weighted by molar-refractivity contribution is 0.120. The Kier molecular flexibility index (Phi) is 4.67. The Balaban J connectivity index is 1.48. The van der Waals surface area contributed by atoms with E-state index in [4.69, 9.17) is 4.52 Å². The topological polar surface area (TPSA) is 45.4 Å². The molecule has 3 rings (SSSR count). The van der Waals surface area contributed by atoms with Gasteiger partial charge in [-0.2, -0.15) is 0 Å². The molecule has 0 radical (unpaired) electrons. The molecule has 5 nitrogen and oxygen atoms in total. The first-order valence-electron chi connectivity index (χ1n) is 7.15. The second kappa shape index (κ2) is 6.68. The summed E-state index contributed by atoms with van der Waals surface area (Å²) in [4.78, 5) is 9.11. The molecule has 6 heteroatoms. The maximum atomic E-state index is 5.12. The van der Waals surface area contributed by atoms with Crippen LogP contribution < -0.4 is 0 Å². The number of aryl methyl sites for hydroxylation is 1. The monoisotopic (exact) mass is 350 g/mol. The first-order valence-corrected chi connectivity index (χ1v) is 7.95. The van der Waals surface area contributed by atoms with E-state index in [2.05, 4.69) is 41.9 Å². The Hall–Kier alpha value is -1.24. The fraction of sp³-hybridized carbons (Fsp3) is 0.467. The molecule has 2 aromatic heterocycles. The molecule has 0 aromatic carbocycles. The maximum absolute atomic E-state index is 5.12. The molecule has 0 aliphatic carbocycles. The number of halogens is 1.